The van der Waals surface area contributed by atoms with E-state index in [4.69, 9.17) is 4.52 Å². The number of nitrogens with zero attached hydrogens (tertiary/aromatic N) is 2. The van der Waals surface area contributed by atoms with E-state index in [1.165, 1.54) is 0 Å². The van der Waals surface area contributed by atoms with Crippen molar-refractivity contribution in [2.45, 2.75) is 64.0 Å². The van der Waals surface area contributed by atoms with E-state index in [0.717, 1.165) is 32.1 Å². The first-order valence-electron chi connectivity index (χ1n) is 8.62. The van der Waals surface area contributed by atoms with Crippen LogP contribution in [-0.2, 0) is 4.79 Å². The highest BCUT2D eigenvalue weighted by atomic mass is 16.5. The molecule has 0 radical (unpaired) electrons. The third-order valence-electron chi connectivity index (χ3n) is 5.50. The number of rotatable bonds is 4. The van der Waals surface area contributed by atoms with E-state index in [9.17, 15) is 9.59 Å². The van der Waals surface area contributed by atoms with Gasteiger partial charge in [0.15, 0.2) is 0 Å². The number of aromatic nitrogens is 1. The summed E-state index contributed by atoms with van der Waals surface area (Å²) in [5.41, 5.74) is 1.13. The van der Waals surface area contributed by atoms with Crippen molar-refractivity contribution < 1.29 is 14.1 Å². The Kier molecular flexibility index (Phi) is 4.47. The summed E-state index contributed by atoms with van der Waals surface area (Å²) in [5, 5.41) is 6.94. The van der Waals surface area contributed by atoms with Crippen molar-refractivity contribution in [1.29, 1.82) is 0 Å². The molecule has 2 amide bonds. The molecule has 24 heavy (non-hydrogen) atoms. The van der Waals surface area contributed by atoms with Crippen LogP contribution in [0.25, 0.3) is 0 Å². The average molecular weight is 331 g/mol. The second-order valence-corrected chi connectivity index (χ2v) is 6.96. The van der Waals surface area contributed by atoms with Gasteiger partial charge in [-0.15, -0.1) is 6.58 Å². The molecule has 1 saturated heterocycles. The Labute approximate surface area is 142 Å². The van der Waals surface area contributed by atoms with E-state index in [1.807, 2.05) is 4.90 Å². The standard InChI is InChI=1S/C18H25N3O3/c1-4-11-21-15(22)7-10-18(21)8-5-14(6-9-18)19-17(23)16-12(2)20-24-13(16)3/h4,14H,1,5-11H2,2-3H3,(H,19,23). The molecule has 1 aliphatic heterocycles. The van der Waals surface area contributed by atoms with Gasteiger partial charge in [0.05, 0.1) is 5.69 Å². The summed E-state index contributed by atoms with van der Waals surface area (Å²) < 4.78 is 5.07. The van der Waals surface area contributed by atoms with Crippen molar-refractivity contribution >= 4 is 11.8 Å². The average Bonchev–Trinajstić information content (AvgIpc) is 3.04. The van der Waals surface area contributed by atoms with Crippen LogP contribution in [0.4, 0.5) is 0 Å². The van der Waals surface area contributed by atoms with Crippen LogP contribution in [-0.4, -0.2) is 40.0 Å². The van der Waals surface area contributed by atoms with Gasteiger partial charge in [-0.3, -0.25) is 9.59 Å². The van der Waals surface area contributed by atoms with Crippen LogP contribution in [0.3, 0.4) is 0 Å². The molecule has 2 aliphatic rings. The summed E-state index contributed by atoms with van der Waals surface area (Å²) in [7, 11) is 0. The van der Waals surface area contributed by atoms with Crippen LogP contribution in [0.5, 0.6) is 0 Å². The molecule has 6 nitrogen and oxygen atoms in total. The van der Waals surface area contributed by atoms with Gasteiger partial charge < -0.3 is 14.7 Å². The highest BCUT2D eigenvalue weighted by Crippen LogP contribution is 2.42. The second kappa shape index (κ2) is 6.42. The smallest absolute Gasteiger partial charge is 0.257 e. The van der Waals surface area contributed by atoms with Gasteiger partial charge in [-0.25, -0.2) is 0 Å². The number of hydrogen-bond acceptors (Lipinski definition) is 4. The Morgan fingerprint density at radius 1 is 1.42 bits per heavy atom. The van der Waals surface area contributed by atoms with Crippen molar-refractivity contribution in [3.05, 3.63) is 29.7 Å². The number of nitrogens with one attached hydrogen (secondary N) is 1. The van der Waals surface area contributed by atoms with Gasteiger partial charge in [-0.2, -0.15) is 0 Å². The number of amides is 2. The van der Waals surface area contributed by atoms with Crippen LogP contribution < -0.4 is 5.32 Å². The first-order chi connectivity index (χ1) is 11.5. The first-order valence-corrected chi connectivity index (χ1v) is 8.62. The monoisotopic (exact) mass is 331 g/mol. The molecular weight excluding hydrogens is 306 g/mol. The van der Waals surface area contributed by atoms with Crippen LogP contribution in [0.2, 0.25) is 0 Å². The molecule has 1 spiro atoms. The maximum Gasteiger partial charge on any atom is 0.257 e. The minimum atomic E-state index is -0.113. The number of carbonyl (C=O) groups is 2. The molecule has 0 unspecified atom stereocenters. The fourth-order valence-electron chi connectivity index (χ4n) is 4.18. The van der Waals surface area contributed by atoms with E-state index in [1.54, 1.807) is 19.9 Å². The third-order valence-corrected chi connectivity index (χ3v) is 5.50. The van der Waals surface area contributed by atoms with Gasteiger partial charge in [0.25, 0.3) is 5.91 Å². The molecule has 1 aromatic heterocycles. The third kappa shape index (κ3) is 2.85. The highest BCUT2D eigenvalue weighted by molar-refractivity contribution is 5.96. The highest BCUT2D eigenvalue weighted by Gasteiger charge is 2.46. The van der Waals surface area contributed by atoms with E-state index in [-0.39, 0.29) is 23.4 Å². The van der Waals surface area contributed by atoms with Crippen molar-refractivity contribution in [2.24, 2.45) is 0 Å². The maximum atomic E-state index is 12.5. The van der Waals surface area contributed by atoms with Crippen molar-refractivity contribution in [3.8, 4) is 0 Å². The normalized spacial score (nSPS) is 26.8. The fourth-order valence-corrected chi connectivity index (χ4v) is 4.18. The molecule has 1 aromatic rings. The lowest BCUT2D eigenvalue weighted by molar-refractivity contribution is -0.131. The molecule has 1 N–H and O–H groups in total. The maximum absolute atomic E-state index is 12.5. The van der Waals surface area contributed by atoms with Crippen LogP contribution >= 0.6 is 0 Å². The minimum Gasteiger partial charge on any atom is -0.361 e. The zero-order valence-corrected chi connectivity index (χ0v) is 14.4. The lowest BCUT2D eigenvalue weighted by Crippen LogP contribution is -2.51. The topological polar surface area (TPSA) is 75.4 Å². The summed E-state index contributed by atoms with van der Waals surface area (Å²) in [6, 6.07) is 0.137. The van der Waals surface area contributed by atoms with Crippen LogP contribution in [0.1, 0.15) is 60.3 Å². The van der Waals surface area contributed by atoms with Gasteiger partial charge in [-0.1, -0.05) is 11.2 Å². The van der Waals surface area contributed by atoms with E-state index in [0.29, 0.717) is 30.0 Å². The number of carbonyl (C=O) groups excluding carboxylic acids is 2. The molecule has 1 aliphatic carbocycles. The fraction of sp³-hybridized carbons (Fsp3) is 0.611. The number of hydrogen-bond donors (Lipinski definition) is 1. The summed E-state index contributed by atoms with van der Waals surface area (Å²) in [4.78, 5) is 26.6. The molecule has 2 fully saturated rings. The van der Waals surface area contributed by atoms with Gasteiger partial charge in [0.2, 0.25) is 5.91 Å². The molecule has 130 valence electrons. The predicted octanol–water partition coefficient (Wildman–Crippen LogP) is 2.51. The Morgan fingerprint density at radius 2 is 2.12 bits per heavy atom. The summed E-state index contributed by atoms with van der Waals surface area (Å²) in [6.07, 6.45) is 6.98. The van der Waals surface area contributed by atoms with Gasteiger partial charge in [0.1, 0.15) is 11.3 Å². The molecule has 3 rings (SSSR count). The molecule has 1 saturated carbocycles. The Bertz CT molecular complexity index is 637. The summed E-state index contributed by atoms with van der Waals surface area (Å²) >= 11 is 0. The zero-order valence-electron chi connectivity index (χ0n) is 14.4. The van der Waals surface area contributed by atoms with E-state index in [2.05, 4.69) is 17.1 Å². The molecule has 0 aromatic carbocycles. The minimum absolute atomic E-state index is 0.0322. The SMILES string of the molecule is C=CCN1C(=O)CCC12CCC(NC(=O)c1c(C)noc1C)CC2. The Balaban J connectivity index is 1.62. The molecule has 0 bridgehead atoms. The Morgan fingerprint density at radius 3 is 2.71 bits per heavy atom. The first kappa shape index (κ1) is 16.7. The van der Waals surface area contributed by atoms with Gasteiger partial charge in [0, 0.05) is 24.5 Å². The summed E-state index contributed by atoms with van der Waals surface area (Å²) in [5.74, 6) is 0.668. The van der Waals surface area contributed by atoms with Crippen LogP contribution in [0, 0.1) is 13.8 Å². The predicted molar refractivity (Wildman–Crippen MR) is 89.6 cm³/mol. The van der Waals surface area contributed by atoms with E-state index >= 15 is 0 Å². The lowest BCUT2D eigenvalue weighted by atomic mass is 9.77. The molecule has 0 atom stereocenters. The van der Waals surface area contributed by atoms with Crippen molar-refractivity contribution in [2.75, 3.05) is 6.54 Å². The van der Waals surface area contributed by atoms with Crippen LogP contribution in [0.15, 0.2) is 17.2 Å². The van der Waals surface area contributed by atoms with E-state index < -0.39 is 0 Å². The lowest BCUT2D eigenvalue weighted by Gasteiger charge is -2.43. The second-order valence-electron chi connectivity index (χ2n) is 6.96. The van der Waals surface area contributed by atoms with Gasteiger partial charge >= 0.3 is 0 Å². The molecule has 2 heterocycles. The quantitative estimate of drug-likeness (QED) is 0.860. The molecule has 6 heteroatoms. The summed E-state index contributed by atoms with van der Waals surface area (Å²) in [6.45, 7) is 7.92. The Hall–Kier alpha value is -2.11. The largest absolute Gasteiger partial charge is 0.361 e. The van der Waals surface area contributed by atoms with Gasteiger partial charge in [-0.05, 0) is 46.0 Å². The number of likely N-dealkylation sites (tertiary alicyclic amines) is 1. The number of aryl methyl sites for hydroxylation is 2. The van der Waals surface area contributed by atoms with Crippen molar-refractivity contribution in [1.82, 2.24) is 15.4 Å². The molecular formula is C18H25N3O3. The van der Waals surface area contributed by atoms with Crippen molar-refractivity contribution in [3.63, 3.8) is 0 Å². The zero-order chi connectivity index (χ0) is 17.3.